The second-order valence-corrected chi connectivity index (χ2v) is 9.32. The Kier molecular flexibility index (Phi) is 4.67. The third-order valence-corrected chi connectivity index (χ3v) is 7.29. The van der Waals surface area contributed by atoms with E-state index in [2.05, 4.69) is 5.10 Å². The SMILES string of the molecule is O=C(O)c1cc(-n2ncc3ccccc32)cc(S(=O)(=O)N2CCSCC2)c1. The highest BCUT2D eigenvalue weighted by Crippen LogP contribution is 2.26. The number of benzene rings is 2. The average molecular weight is 403 g/mol. The number of hydrogen-bond donors (Lipinski definition) is 1. The Morgan fingerprint density at radius 3 is 2.59 bits per heavy atom. The Bertz CT molecular complexity index is 1120. The highest BCUT2D eigenvalue weighted by molar-refractivity contribution is 7.99. The maximum atomic E-state index is 13.0. The van der Waals surface area contributed by atoms with Gasteiger partial charge in [-0.25, -0.2) is 17.9 Å². The van der Waals surface area contributed by atoms with E-state index in [9.17, 15) is 18.3 Å². The molecule has 1 aliphatic rings. The van der Waals surface area contributed by atoms with Crippen LogP contribution in [0.2, 0.25) is 0 Å². The molecule has 3 aromatic rings. The molecule has 1 aromatic heterocycles. The van der Waals surface area contributed by atoms with Crippen molar-refractivity contribution >= 4 is 38.7 Å². The number of para-hydroxylation sites is 1. The summed E-state index contributed by atoms with van der Waals surface area (Å²) in [5.41, 5.74) is 1.09. The molecule has 7 nitrogen and oxygen atoms in total. The van der Waals surface area contributed by atoms with Crippen LogP contribution in [-0.4, -0.2) is 58.2 Å². The summed E-state index contributed by atoms with van der Waals surface area (Å²) in [5.74, 6) is 0.280. The molecule has 0 saturated carbocycles. The first-order valence-corrected chi connectivity index (χ1v) is 11.0. The molecule has 0 unspecified atom stereocenters. The van der Waals surface area contributed by atoms with E-state index < -0.39 is 16.0 Å². The van der Waals surface area contributed by atoms with Gasteiger partial charge in [-0.05, 0) is 24.3 Å². The first kappa shape index (κ1) is 18.0. The van der Waals surface area contributed by atoms with Crippen LogP contribution in [-0.2, 0) is 10.0 Å². The van der Waals surface area contributed by atoms with E-state index in [1.165, 1.54) is 22.5 Å². The van der Waals surface area contributed by atoms with E-state index in [0.29, 0.717) is 18.8 Å². The van der Waals surface area contributed by atoms with Gasteiger partial charge in [-0.1, -0.05) is 18.2 Å². The number of carboxylic acid groups (broad SMARTS) is 1. The zero-order valence-electron chi connectivity index (χ0n) is 14.3. The fourth-order valence-corrected chi connectivity index (χ4v) is 5.73. The molecule has 2 aromatic carbocycles. The van der Waals surface area contributed by atoms with Gasteiger partial charge in [-0.2, -0.15) is 21.2 Å². The number of nitrogens with zero attached hydrogens (tertiary/aromatic N) is 3. The minimum absolute atomic E-state index is 0.0242. The number of aromatic carboxylic acids is 1. The zero-order chi connectivity index (χ0) is 19.0. The Morgan fingerprint density at radius 1 is 1.11 bits per heavy atom. The Labute approximate surface area is 160 Å². The second kappa shape index (κ2) is 6.99. The lowest BCUT2D eigenvalue weighted by molar-refractivity contribution is 0.0696. The van der Waals surface area contributed by atoms with Crippen molar-refractivity contribution < 1.29 is 18.3 Å². The van der Waals surface area contributed by atoms with Crippen molar-refractivity contribution in [3.05, 3.63) is 54.2 Å². The van der Waals surface area contributed by atoms with E-state index in [1.807, 2.05) is 24.3 Å². The monoisotopic (exact) mass is 403 g/mol. The topological polar surface area (TPSA) is 92.5 Å². The van der Waals surface area contributed by atoms with Gasteiger partial charge in [0.15, 0.2) is 0 Å². The standard InChI is InChI=1S/C18H17N3O4S2/c22-18(23)14-9-15(21-17-4-2-1-3-13(17)12-19-21)11-16(10-14)27(24,25)20-5-7-26-8-6-20/h1-4,9-12H,5-8H2,(H,22,23). The molecule has 1 N–H and O–H groups in total. The number of fused-ring (bicyclic) bond motifs is 1. The third-order valence-electron chi connectivity index (χ3n) is 4.47. The number of thioether (sulfide) groups is 1. The summed E-state index contributed by atoms with van der Waals surface area (Å²) in [4.78, 5) is 11.6. The molecular formula is C18H17N3O4S2. The summed E-state index contributed by atoms with van der Waals surface area (Å²) in [7, 11) is -3.77. The van der Waals surface area contributed by atoms with Gasteiger partial charge in [0.1, 0.15) is 0 Å². The fraction of sp³-hybridized carbons (Fsp3) is 0.222. The van der Waals surface area contributed by atoms with Crippen molar-refractivity contribution in [3.63, 3.8) is 0 Å². The number of hydrogen-bond acceptors (Lipinski definition) is 5. The molecule has 0 aliphatic carbocycles. The summed E-state index contributed by atoms with van der Waals surface area (Å²) in [6.07, 6.45) is 1.67. The number of carboxylic acids is 1. The molecule has 0 radical (unpaired) electrons. The van der Waals surface area contributed by atoms with Gasteiger partial charge < -0.3 is 5.11 Å². The molecule has 1 aliphatic heterocycles. The molecule has 0 spiro atoms. The highest BCUT2D eigenvalue weighted by atomic mass is 32.2. The normalized spacial score (nSPS) is 15.9. The molecule has 4 rings (SSSR count). The molecule has 2 heterocycles. The van der Waals surface area contributed by atoms with Gasteiger partial charge in [0.05, 0.1) is 27.9 Å². The summed E-state index contributed by atoms with van der Waals surface area (Å²) in [6.45, 7) is 0.842. The van der Waals surface area contributed by atoms with Crippen LogP contribution < -0.4 is 0 Å². The molecule has 27 heavy (non-hydrogen) atoms. The van der Waals surface area contributed by atoms with Crippen molar-refractivity contribution in [3.8, 4) is 5.69 Å². The van der Waals surface area contributed by atoms with Crippen LogP contribution in [0.1, 0.15) is 10.4 Å². The molecule has 0 atom stereocenters. The average Bonchev–Trinajstić information content (AvgIpc) is 3.12. The lowest BCUT2D eigenvalue weighted by atomic mass is 10.2. The first-order chi connectivity index (χ1) is 13.0. The summed E-state index contributed by atoms with van der Waals surface area (Å²) in [6, 6.07) is 11.6. The van der Waals surface area contributed by atoms with Crippen molar-refractivity contribution in [2.75, 3.05) is 24.6 Å². The number of rotatable bonds is 4. The van der Waals surface area contributed by atoms with Crippen LogP contribution >= 0.6 is 11.8 Å². The van der Waals surface area contributed by atoms with Gasteiger partial charge >= 0.3 is 5.97 Å². The fourth-order valence-electron chi connectivity index (χ4n) is 3.09. The van der Waals surface area contributed by atoms with Gasteiger partial charge in [-0.3, -0.25) is 0 Å². The lowest BCUT2D eigenvalue weighted by Crippen LogP contribution is -2.38. The van der Waals surface area contributed by atoms with Crippen molar-refractivity contribution in [2.24, 2.45) is 0 Å². The van der Waals surface area contributed by atoms with Crippen LogP contribution in [0.4, 0.5) is 0 Å². The van der Waals surface area contributed by atoms with Crippen molar-refractivity contribution in [1.82, 2.24) is 14.1 Å². The molecule has 140 valence electrons. The minimum atomic E-state index is -3.77. The van der Waals surface area contributed by atoms with Gasteiger partial charge in [0.2, 0.25) is 10.0 Å². The maximum Gasteiger partial charge on any atom is 0.335 e. The number of carbonyl (C=O) groups is 1. The molecule has 9 heteroatoms. The second-order valence-electron chi connectivity index (χ2n) is 6.15. The van der Waals surface area contributed by atoms with E-state index >= 15 is 0 Å². The van der Waals surface area contributed by atoms with Crippen molar-refractivity contribution in [2.45, 2.75) is 4.90 Å². The highest BCUT2D eigenvalue weighted by Gasteiger charge is 2.28. The maximum absolute atomic E-state index is 13.0. The first-order valence-electron chi connectivity index (χ1n) is 8.36. The van der Waals surface area contributed by atoms with E-state index in [0.717, 1.165) is 22.4 Å². The zero-order valence-corrected chi connectivity index (χ0v) is 15.9. The quantitative estimate of drug-likeness (QED) is 0.719. The van der Waals surface area contributed by atoms with E-state index in [1.54, 1.807) is 22.6 Å². The molecule has 0 bridgehead atoms. The smallest absolute Gasteiger partial charge is 0.335 e. The number of aromatic nitrogens is 2. The summed E-state index contributed by atoms with van der Waals surface area (Å²) < 4.78 is 29.1. The van der Waals surface area contributed by atoms with Crippen LogP contribution in [0.5, 0.6) is 0 Å². The summed E-state index contributed by atoms with van der Waals surface area (Å²) >= 11 is 1.71. The lowest BCUT2D eigenvalue weighted by Gasteiger charge is -2.26. The van der Waals surface area contributed by atoms with Crippen LogP contribution in [0.3, 0.4) is 0 Å². The largest absolute Gasteiger partial charge is 0.478 e. The molecule has 1 fully saturated rings. The Hall–Kier alpha value is -2.36. The van der Waals surface area contributed by atoms with Crippen LogP contribution in [0, 0.1) is 0 Å². The van der Waals surface area contributed by atoms with Crippen LogP contribution in [0.15, 0.2) is 53.6 Å². The Morgan fingerprint density at radius 2 is 1.85 bits per heavy atom. The van der Waals surface area contributed by atoms with Gasteiger partial charge in [0.25, 0.3) is 0 Å². The molecule has 1 saturated heterocycles. The van der Waals surface area contributed by atoms with Gasteiger partial charge in [-0.15, -0.1) is 0 Å². The Balaban J connectivity index is 1.87. The van der Waals surface area contributed by atoms with E-state index in [-0.39, 0.29) is 10.5 Å². The number of sulfonamides is 1. The summed E-state index contributed by atoms with van der Waals surface area (Å²) in [5, 5.41) is 14.7. The molecular weight excluding hydrogens is 386 g/mol. The third kappa shape index (κ3) is 3.33. The molecule has 0 amide bonds. The van der Waals surface area contributed by atoms with E-state index in [4.69, 9.17) is 0 Å². The predicted molar refractivity (Wildman–Crippen MR) is 104 cm³/mol. The van der Waals surface area contributed by atoms with Crippen LogP contribution in [0.25, 0.3) is 16.6 Å². The van der Waals surface area contributed by atoms with Crippen molar-refractivity contribution in [1.29, 1.82) is 0 Å². The minimum Gasteiger partial charge on any atom is -0.478 e. The predicted octanol–water partition coefficient (Wildman–Crippen LogP) is 2.46. The van der Waals surface area contributed by atoms with Gasteiger partial charge in [0, 0.05) is 30.0 Å².